The third-order valence-electron chi connectivity index (χ3n) is 11.4. The minimum absolute atomic E-state index is 0. The Balaban J connectivity index is 0.000000269. The molecule has 0 unspecified atom stereocenters. The number of aliphatic hydroxyl groups excluding tert-OH is 1. The summed E-state index contributed by atoms with van der Waals surface area (Å²) >= 11 is 0. The van der Waals surface area contributed by atoms with Gasteiger partial charge in [-0.05, 0) is 83.5 Å². The van der Waals surface area contributed by atoms with Crippen LogP contribution in [0.15, 0.2) is 66.7 Å². The lowest BCUT2D eigenvalue weighted by molar-refractivity contribution is -0.137. The number of ether oxygens (including phenoxy) is 5. The summed E-state index contributed by atoms with van der Waals surface area (Å²) in [5, 5.41) is 14.1. The van der Waals surface area contributed by atoms with Crippen molar-refractivity contribution < 1.29 is 67.8 Å². The lowest BCUT2D eigenvalue weighted by Gasteiger charge is -2.36. The van der Waals surface area contributed by atoms with E-state index in [-0.39, 0.29) is 46.0 Å². The van der Waals surface area contributed by atoms with Crippen molar-refractivity contribution in [1.82, 2.24) is 20.4 Å². The number of halogens is 2. The molecule has 388 valence electrons. The summed E-state index contributed by atoms with van der Waals surface area (Å²) in [6, 6.07) is 18.7. The van der Waals surface area contributed by atoms with Gasteiger partial charge in [-0.15, -0.1) is 0 Å². The molecule has 2 atom stereocenters. The molecular formula is C49H66F2N8O12. The summed E-state index contributed by atoms with van der Waals surface area (Å²) in [4.78, 5) is 82.0. The Morgan fingerprint density at radius 3 is 1.46 bits per heavy atom. The standard InChI is InChI=1S/C28H35FN4O6.C21H29FN4O6.H2/c1-28(2,3)39-26(35)30-16-22-17-33(27(36)38-22)21-9-10-24(23(29)15-21)31-11-13-32(14-12-31)25(34)19-37-18-20-7-5-4-6-8-20;1-21(2,3)32-19(29)23-11-15-12-26(20(30)31-15)14-4-5-17(16(22)10-14)24-6-8-25(9-7-24)18(28)13-27;/h4-10,15,22H,11-14,16-19H2,1-3H3,(H,30,35);4-5,10,15,27H,6-9,11-13H2,1-3H3,(H,23,29);1H/t22-;15-;/m00./s1. The van der Waals surface area contributed by atoms with Crippen molar-refractivity contribution in [1.29, 1.82) is 0 Å². The fourth-order valence-corrected chi connectivity index (χ4v) is 7.96. The summed E-state index contributed by atoms with van der Waals surface area (Å²) in [5.41, 5.74) is 1.23. The molecule has 0 spiro atoms. The van der Waals surface area contributed by atoms with Crippen LogP contribution in [0.1, 0.15) is 48.5 Å². The molecule has 4 heterocycles. The zero-order valence-electron chi connectivity index (χ0n) is 41.0. The molecule has 22 heteroatoms. The van der Waals surface area contributed by atoms with Gasteiger partial charge in [-0.1, -0.05) is 30.3 Å². The van der Waals surface area contributed by atoms with Gasteiger partial charge in [0.15, 0.2) is 0 Å². The molecule has 0 bridgehead atoms. The summed E-state index contributed by atoms with van der Waals surface area (Å²) in [6.07, 6.45) is -3.62. The Morgan fingerprint density at radius 1 is 0.648 bits per heavy atom. The van der Waals surface area contributed by atoms with Crippen LogP contribution in [0.4, 0.5) is 50.7 Å². The van der Waals surface area contributed by atoms with E-state index in [0.717, 1.165) is 5.56 Å². The summed E-state index contributed by atoms with van der Waals surface area (Å²) in [5.74, 6) is -1.40. The zero-order chi connectivity index (χ0) is 51.5. The van der Waals surface area contributed by atoms with Crippen LogP contribution in [0.2, 0.25) is 0 Å². The van der Waals surface area contributed by atoms with Crippen LogP contribution in [0.25, 0.3) is 0 Å². The topological polar surface area (TPSA) is 212 Å². The predicted molar refractivity (Wildman–Crippen MR) is 259 cm³/mol. The van der Waals surface area contributed by atoms with E-state index >= 15 is 4.39 Å². The molecule has 4 aliphatic rings. The van der Waals surface area contributed by atoms with Crippen LogP contribution < -0.4 is 30.2 Å². The molecule has 4 saturated heterocycles. The molecule has 3 N–H and O–H groups in total. The zero-order valence-corrected chi connectivity index (χ0v) is 41.0. The van der Waals surface area contributed by atoms with Crippen molar-refractivity contribution in [2.45, 2.75) is 71.6 Å². The highest BCUT2D eigenvalue weighted by atomic mass is 19.1. The number of amides is 6. The number of benzene rings is 3. The molecular weight excluding hydrogens is 931 g/mol. The number of piperazine rings is 2. The highest BCUT2D eigenvalue weighted by Gasteiger charge is 2.35. The third kappa shape index (κ3) is 15.5. The van der Waals surface area contributed by atoms with Gasteiger partial charge in [0.05, 0.1) is 55.5 Å². The third-order valence-corrected chi connectivity index (χ3v) is 11.4. The average molecular weight is 997 g/mol. The van der Waals surface area contributed by atoms with E-state index in [4.69, 9.17) is 28.8 Å². The SMILES string of the molecule is CC(C)(C)OC(=O)NC[C@H]1CN(c2ccc(N3CCN(C(=O)CO)CC3)c(F)c2)C(=O)O1.CC(C)(C)OC(=O)NC[C@H]1CN(c2ccc(N3CCN(C(=O)COCc4ccccc4)CC3)c(F)c2)C(=O)O1.[HH]. The molecule has 20 nitrogen and oxygen atoms in total. The van der Waals surface area contributed by atoms with Crippen LogP contribution in [0, 0.1) is 11.6 Å². The van der Waals surface area contributed by atoms with Gasteiger partial charge in [0.1, 0.15) is 48.3 Å². The van der Waals surface area contributed by atoms with Gasteiger partial charge in [-0.3, -0.25) is 19.4 Å². The Bertz CT molecular complexity index is 2360. The van der Waals surface area contributed by atoms with Crippen molar-refractivity contribution in [3.63, 3.8) is 0 Å². The summed E-state index contributed by atoms with van der Waals surface area (Å²) < 4.78 is 56.4. The molecule has 4 aliphatic heterocycles. The molecule has 0 radical (unpaired) electrons. The highest BCUT2D eigenvalue weighted by Crippen LogP contribution is 2.30. The molecule has 0 saturated carbocycles. The van der Waals surface area contributed by atoms with Crippen LogP contribution in [-0.4, -0.2) is 166 Å². The number of nitrogens with one attached hydrogen (secondary N) is 2. The maximum Gasteiger partial charge on any atom is 0.414 e. The van der Waals surface area contributed by atoms with E-state index < -0.39 is 66.0 Å². The fraction of sp³-hybridized carbons (Fsp3) is 0.510. The van der Waals surface area contributed by atoms with Crippen molar-refractivity contribution in [2.24, 2.45) is 0 Å². The normalized spacial score (nSPS) is 18.3. The van der Waals surface area contributed by atoms with Crippen molar-refractivity contribution in [2.75, 3.05) is 111 Å². The molecule has 0 aliphatic carbocycles. The van der Waals surface area contributed by atoms with Crippen LogP contribution in [0.5, 0.6) is 0 Å². The second-order valence-electron chi connectivity index (χ2n) is 19.1. The minimum atomic E-state index is -0.638. The van der Waals surface area contributed by atoms with Gasteiger partial charge in [0, 0.05) is 53.8 Å². The number of anilines is 4. The van der Waals surface area contributed by atoms with Gasteiger partial charge < -0.3 is 59.0 Å². The predicted octanol–water partition coefficient (Wildman–Crippen LogP) is 5.10. The number of carbonyl (C=O) groups excluding carboxylic acids is 6. The minimum Gasteiger partial charge on any atom is -0.444 e. The molecule has 0 aromatic heterocycles. The molecule has 7 rings (SSSR count). The van der Waals surface area contributed by atoms with E-state index in [2.05, 4.69) is 10.6 Å². The van der Waals surface area contributed by atoms with Crippen LogP contribution in [0.3, 0.4) is 0 Å². The van der Waals surface area contributed by atoms with Crippen LogP contribution in [-0.2, 0) is 39.9 Å². The van der Waals surface area contributed by atoms with E-state index in [1.54, 1.807) is 70.7 Å². The molecule has 71 heavy (non-hydrogen) atoms. The quantitative estimate of drug-likeness (QED) is 0.190. The fourth-order valence-electron chi connectivity index (χ4n) is 7.96. The number of carbonyl (C=O) groups is 6. The van der Waals surface area contributed by atoms with Gasteiger partial charge in [-0.2, -0.15) is 0 Å². The van der Waals surface area contributed by atoms with E-state index in [9.17, 15) is 33.2 Å². The molecule has 3 aromatic rings. The van der Waals surface area contributed by atoms with Gasteiger partial charge >= 0.3 is 24.4 Å². The van der Waals surface area contributed by atoms with Crippen LogP contribution >= 0.6 is 0 Å². The lowest BCUT2D eigenvalue weighted by atomic mass is 10.2. The Hall–Kier alpha value is -6.94. The second kappa shape index (κ2) is 23.8. The number of cyclic esters (lactones) is 2. The maximum absolute atomic E-state index is 15.1. The first kappa shape index (κ1) is 53.4. The first-order valence-corrected chi connectivity index (χ1v) is 23.4. The maximum atomic E-state index is 15.1. The Labute approximate surface area is 413 Å². The number of aliphatic hydroxyl groups is 1. The van der Waals surface area contributed by atoms with Gasteiger partial charge in [0.2, 0.25) is 11.8 Å². The number of nitrogens with zero attached hydrogens (tertiary/aromatic N) is 6. The average Bonchev–Trinajstić information content (AvgIpc) is 3.90. The molecule has 6 amide bonds. The van der Waals surface area contributed by atoms with Crippen molar-refractivity contribution in [3.8, 4) is 0 Å². The van der Waals surface area contributed by atoms with Gasteiger partial charge in [0.25, 0.3) is 0 Å². The molecule has 4 fully saturated rings. The number of hydrogen-bond donors (Lipinski definition) is 3. The first-order chi connectivity index (χ1) is 33.7. The van der Waals surface area contributed by atoms with Crippen molar-refractivity contribution in [3.05, 3.63) is 83.9 Å². The highest BCUT2D eigenvalue weighted by molar-refractivity contribution is 5.91. The summed E-state index contributed by atoms with van der Waals surface area (Å²) in [6.45, 7) is 14.4. The van der Waals surface area contributed by atoms with E-state index in [0.29, 0.717) is 81.7 Å². The first-order valence-electron chi connectivity index (χ1n) is 23.4. The van der Waals surface area contributed by atoms with E-state index in [1.165, 1.54) is 26.8 Å². The number of rotatable bonds is 13. The van der Waals surface area contributed by atoms with E-state index in [1.807, 2.05) is 40.1 Å². The lowest BCUT2D eigenvalue weighted by Crippen LogP contribution is -2.50. The second-order valence-corrected chi connectivity index (χ2v) is 19.1. The monoisotopic (exact) mass is 996 g/mol. The van der Waals surface area contributed by atoms with Gasteiger partial charge in [-0.25, -0.2) is 28.0 Å². The smallest absolute Gasteiger partial charge is 0.414 e. The Kier molecular flexibility index (Phi) is 17.9. The number of alkyl carbamates (subject to hydrolysis) is 2. The summed E-state index contributed by atoms with van der Waals surface area (Å²) in [7, 11) is 0. The largest absolute Gasteiger partial charge is 0.444 e. The number of hydrogen-bond acceptors (Lipinski definition) is 14. The van der Waals surface area contributed by atoms with Crippen molar-refractivity contribution >= 4 is 58.9 Å². The Morgan fingerprint density at radius 2 is 1.07 bits per heavy atom. The molecule has 3 aromatic carbocycles.